The Labute approximate surface area is 159 Å². The zero-order valence-electron chi connectivity index (χ0n) is 15.9. The number of carbonyl (C=O) groups excluding carboxylic acids is 1. The summed E-state index contributed by atoms with van der Waals surface area (Å²) in [4.78, 5) is 18.5. The van der Waals surface area contributed by atoms with Crippen molar-refractivity contribution in [2.24, 2.45) is 0 Å². The molecule has 1 N–H and O–H groups in total. The summed E-state index contributed by atoms with van der Waals surface area (Å²) < 4.78 is 11.2. The second-order valence-corrected chi connectivity index (χ2v) is 6.78. The van der Waals surface area contributed by atoms with Gasteiger partial charge in [-0.3, -0.25) is 9.69 Å². The van der Waals surface area contributed by atoms with Crippen molar-refractivity contribution in [3.8, 4) is 11.3 Å². The van der Waals surface area contributed by atoms with Gasteiger partial charge in [-0.15, -0.1) is 0 Å². The largest absolute Gasteiger partial charge is 0.468 e. The van der Waals surface area contributed by atoms with Crippen LogP contribution in [-0.4, -0.2) is 36.4 Å². The van der Waals surface area contributed by atoms with Gasteiger partial charge < -0.3 is 14.2 Å². The number of nitrogens with zero attached hydrogens (tertiary/aromatic N) is 2. The van der Waals surface area contributed by atoms with E-state index < -0.39 is 0 Å². The zero-order valence-corrected chi connectivity index (χ0v) is 15.9. The Morgan fingerprint density at radius 1 is 1.22 bits per heavy atom. The second-order valence-electron chi connectivity index (χ2n) is 6.78. The quantitative estimate of drug-likeness (QED) is 0.659. The Hall–Kier alpha value is -2.86. The number of hydrogen-bond donors (Lipinski definition) is 1. The first-order valence-electron chi connectivity index (χ1n) is 9.01. The van der Waals surface area contributed by atoms with E-state index in [2.05, 4.69) is 10.3 Å². The van der Waals surface area contributed by atoms with Crippen molar-refractivity contribution < 1.29 is 13.6 Å². The number of hydrogen-bond acceptors (Lipinski definition) is 5. The molecule has 0 aliphatic rings. The molecule has 6 heteroatoms. The third-order valence-corrected chi connectivity index (χ3v) is 4.44. The Kier molecular flexibility index (Phi) is 6.08. The topological polar surface area (TPSA) is 71.5 Å². The maximum atomic E-state index is 12.2. The smallest absolute Gasteiger partial charge is 0.220 e. The van der Waals surface area contributed by atoms with E-state index in [1.54, 1.807) is 12.5 Å². The lowest BCUT2D eigenvalue weighted by Gasteiger charge is -2.22. The number of aromatic nitrogens is 1. The summed E-state index contributed by atoms with van der Waals surface area (Å²) in [6.07, 6.45) is 4.13. The summed E-state index contributed by atoms with van der Waals surface area (Å²) in [5, 5.41) is 2.96. The molecule has 1 atom stereocenters. The number of carbonyl (C=O) groups is 1. The van der Waals surface area contributed by atoms with Gasteiger partial charge >= 0.3 is 0 Å². The van der Waals surface area contributed by atoms with Gasteiger partial charge in [0, 0.05) is 24.9 Å². The molecular formula is C21H25N3O3. The lowest BCUT2D eigenvalue weighted by Crippen LogP contribution is -2.34. The van der Waals surface area contributed by atoms with Crippen molar-refractivity contribution in [3.05, 3.63) is 66.1 Å². The molecule has 2 heterocycles. The predicted octanol–water partition coefficient (Wildman–Crippen LogP) is 3.59. The highest BCUT2D eigenvalue weighted by Crippen LogP contribution is 2.21. The molecular weight excluding hydrogens is 342 g/mol. The number of oxazole rings is 1. The van der Waals surface area contributed by atoms with E-state index in [0.29, 0.717) is 25.3 Å². The van der Waals surface area contributed by atoms with E-state index in [-0.39, 0.29) is 11.9 Å². The SMILES string of the molecule is Cc1ccc(-c2cnc(CCC(=O)NCC(c3ccco3)N(C)C)o2)cc1. The lowest BCUT2D eigenvalue weighted by molar-refractivity contribution is -0.121. The lowest BCUT2D eigenvalue weighted by atomic mass is 10.1. The predicted molar refractivity (Wildman–Crippen MR) is 103 cm³/mol. The molecule has 0 radical (unpaired) electrons. The van der Waals surface area contributed by atoms with Crippen LogP contribution in [0.4, 0.5) is 0 Å². The molecule has 3 aromatic rings. The summed E-state index contributed by atoms with van der Waals surface area (Å²) in [6, 6.07) is 11.8. The number of nitrogens with one attached hydrogen (secondary N) is 1. The summed E-state index contributed by atoms with van der Waals surface area (Å²) in [5.74, 6) is 2.08. The molecule has 27 heavy (non-hydrogen) atoms. The fraction of sp³-hybridized carbons (Fsp3) is 0.333. The summed E-state index contributed by atoms with van der Waals surface area (Å²) in [7, 11) is 3.91. The number of likely N-dealkylation sites (N-methyl/N-ethyl adjacent to an activating group) is 1. The molecule has 2 aromatic heterocycles. The van der Waals surface area contributed by atoms with Crippen LogP contribution < -0.4 is 5.32 Å². The third kappa shape index (κ3) is 5.08. The van der Waals surface area contributed by atoms with Crippen LogP contribution in [0.15, 0.2) is 57.7 Å². The summed E-state index contributed by atoms with van der Waals surface area (Å²) in [6.45, 7) is 2.53. The van der Waals surface area contributed by atoms with Crippen LogP contribution in [-0.2, 0) is 11.2 Å². The average Bonchev–Trinajstić information content (AvgIpc) is 3.33. The molecule has 3 rings (SSSR count). The highest BCUT2D eigenvalue weighted by molar-refractivity contribution is 5.76. The molecule has 1 unspecified atom stereocenters. The number of aryl methyl sites for hydroxylation is 2. The minimum atomic E-state index is -0.0384. The van der Waals surface area contributed by atoms with Crippen molar-refractivity contribution in [2.45, 2.75) is 25.8 Å². The molecule has 0 bridgehead atoms. The molecule has 0 aliphatic carbocycles. The first-order valence-corrected chi connectivity index (χ1v) is 9.01. The van der Waals surface area contributed by atoms with Gasteiger partial charge in [0.05, 0.1) is 18.5 Å². The van der Waals surface area contributed by atoms with Crippen LogP contribution in [0.1, 0.15) is 29.7 Å². The van der Waals surface area contributed by atoms with Crippen molar-refractivity contribution >= 4 is 5.91 Å². The Bertz CT molecular complexity index is 851. The van der Waals surface area contributed by atoms with E-state index >= 15 is 0 Å². The minimum Gasteiger partial charge on any atom is -0.468 e. The van der Waals surface area contributed by atoms with Crippen LogP contribution in [0, 0.1) is 6.92 Å². The van der Waals surface area contributed by atoms with E-state index in [1.165, 1.54) is 5.56 Å². The molecule has 1 amide bonds. The third-order valence-electron chi connectivity index (χ3n) is 4.44. The maximum absolute atomic E-state index is 12.2. The van der Waals surface area contributed by atoms with E-state index in [4.69, 9.17) is 8.83 Å². The van der Waals surface area contributed by atoms with Crippen LogP contribution in [0.3, 0.4) is 0 Å². The van der Waals surface area contributed by atoms with Gasteiger partial charge in [0.1, 0.15) is 5.76 Å². The summed E-state index contributed by atoms with van der Waals surface area (Å²) >= 11 is 0. The van der Waals surface area contributed by atoms with E-state index in [9.17, 15) is 4.79 Å². The van der Waals surface area contributed by atoms with Crippen LogP contribution in [0.2, 0.25) is 0 Å². The molecule has 6 nitrogen and oxygen atoms in total. The van der Waals surface area contributed by atoms with Crippen molar-refractivity contribution in [3.63, 3.8) is 0 Å². The van der Waals surface area contributed by atoms with Crippen LogP contribution in [0.25, 0.3) is 11.3 Å². The fourth-order valence-corrected chi connectivity index (χ4v) is 2.82. The van der Waals surface area contributed by atoms with Gasteiger partial charge in [-0.2, -0.15) is 0 Å². The molecule has 0 aliphatic heterocycles. The van der Waals surface area contributed by atoms with Crippen LogP contribution in [0.5, 0.6) is 0 Å². The highest BCUT2D eigenvalue weighted by atomic mass is 16.4. The first-order chi connectivity index (χ1) is 13.0. The highest BCUT2D eigenvalue weighted by Gasteiger charge is 2.18. The standard InChI is InChI=1S/C21H25N3O3/c1-15-6-8-16(9-7-15)19-14-23-21(27-19)11-10-20(25)22-13-17(24(2)3)18-5-4-12-26-18/h4-9,12,14,17H,10-11,13H2,1-3H3,(H,22,25). The Balaban J connectivity index is 1.50. The van der Waals surface area contributed by atoms with E-state index in [1.807, 2.05) is 62.3 Å². The normalized spacial score (nSPS) is 12.3. The van der Waals surface area contributed by atoms with Crippen molar-refractivity contribution in [1.82, 2.24) is 15.2 Å². The Morgan fingerprint density at radius 3 is 2.67 bits per heavy atom. The number of furan rings is 1. The molecule has 0 fully saturated rings. The molecule has 142 valence electrons. The Morgan fingerprint density at radius 2 is 2.00 bits per heavy atom. The summed E-state index contributed by atoms with van der Waals surface area (Å²) in [5.41, 5.74) is 2.18. The molecule has 1 aromatic carbocycles. The molecule has 0 spiro atoms. The fourth-order valence-electron chi connectivity index (χ4n) is 2.82. The number of amides is 1. The van der Waals surface area contributed by atoms with Crippen LogP contribution >= 0.6 is 0 Å². The van der Waals surface area contributed by atoms with Crippen molar-refractivity contribution in [2.75, 3.05) is 20.6 Å². The van der Waals surface area contributed by atoms with Gasteiger partial charge in [-0.25, -0.2) is 4.98 Å². The molecule has 0 saturated carbocycles. The van der Waals surface area contributed by atoms with Gasteiger partial charge in [-0.05, 0) is 33.2 Å². The van der Waals surface area contributed by atoms with Gasteiger partial charge in [-0.1, -0.05) is 29.8 Å². The van der Waals surface area contributed by atoms with Gasteiger partial charge in [0.2, 0.25) is 5.91 Å². The maximum Gasteiger partial charge on any atom is 0.220 e. The first kappa shape index (κ1) is 18.9. The number of rotatable bonds is 8. The van der Waals surface area contributed by atoms with Crippen molar-refractivity contribution in [1.29, 1.82) is 0 Å². The monoisotopic (exact) mass is 367 g/mol. The number of benzene rings is 1. The van der Waals surface area contributed by atoms with Gasteiger partial charge in [0.25, 0.3) is 0 Å². The minimum absolute atomic E-state index is 0.00109. The zero-order chi connectivity index (χ0) is 19.2. The van der Waals surface area contributed by atoms with E-state index in [0.717, 1.165) is 17.1 Å². The average molecular weight is 367 g/mol. The molecule has 0 saturated heterocycles. The second kappa shape index (κ2) is 8.68. The van der Waals surface area contributed by atoms with Gasteiger partial charge in [0.15, 0.2) is 11.7 Å².